The van der Waals surface area contributed by atoms with Gasteiger partial charge in [-0.3, -0.25) is 4.79 Å². The number of piperidine rings is 1. The zero-order valence-corrected chi connectivity index (χ0v) is 5.76. The standard InChI is InChI=1S/C6H8FNO3/c7-6(5(10)11)2-1-3-8-4(6)9/h1-3H2,(H,8,9)(H,10,11)/t6-/m1/s1. The Morgan fingerprint density at radius 1 is 1.73 bits per heavy atom. The van der Waals surface area contributed by atoms with E-state index in [1.807, 2.05) is 0 Å². The van der Waals surface area contributed by atoms with E-state index < -0.39 is 17.5 Å². The molecule has 0 saturated carbocycles. The molecule has 0 radical (unpaired) electrons. The van der Waals surface area contributed by atoms with Crippen LogP contribution in [-0.4, -0.2) is 29.2 Å². The van der Waals surface area contributed by atoms with E-state index in [-0.39, 0.29) is 6.42 Å². The molecule has 0 aromatic rings. The first-order valence-corrected chi connectivity index (χ1v) is 3.28. The summed E-state index contributed by atoms with van der Waals surface area (Å²) in [4.78, 5) is 20.9. The molecule has 1 heterocycles. The fourth-order valence-corrected chi connectivity index (χ4v) is 0.992. The van der Waals surface area contributed by atoms with Crippen LogP contribution in [0.3, 0.4) is 0 Å². The fourth-order valence-electron chi connectivity index (χ4n) is 0.992. The van der Waals surface area contributed by atoms with Crippen molar-refractivity contribution >= 4 is 11.9 Å². The average Bonchev–Trinajstić information content (AvgIpc) is 1.95. The third-order valence-electron chi connectivity index (χ3n) is 1.68. The van der Waals surface area contributed by atoms with Gasteiger partial charge in [0.05, 0.1) is 0 Å². The Kier molecular flexibility index (Phi) is 1.80. The SMILES string of the molecule is O=C(O)[C@@]1(F)CCCNC1=O. The topological polar surface area (TPSA) is 66.4 Å². The molecule has 62 valence electrons. The number of carboxylic acids is 1. The number of halogens is 1. The van der Waals surface area contributed by atoms with Crippen molar-refractivity contribution in [3.05, 3.63) is 0 Å². The summed E-state index contributed by atoms with van der Waals surface area (Å²) in [5.41, 5.74) is -2.70. The van der Waals surface area contributed by atoms with Gasteiger partial charge >= 0.3 is 5.97 Å². The lowest BCUT2D eigenvalue weighted by Gasteiger charge is -2.24. The Balaban J connectivity index is 2.81. The number of rotatable bonds is 1. The number of carbonyl (C=O) groups excluding carboxylic acids is 1. The molecule has 0 bridgehead atoms. The zero-order chi connectivity index (χ0) is 8.48. The van der Waals surface area contributed by atoms with Crippen molar-refractivity contribution in [1.29, 1.82) is 0 Å². The minimum absolute atomic E-state index is 0.228. The maximum absolute atomic E-state index is 13.1. The van der Waals surface area contributed by atoms with E-state index in [0.717, 1.165) is 0 Å². The predicted octanol–water partition coefficient (Wildman–Crippen LogP) is -0.311. The van der Waals surface area contributed by atoms with Crippen LogP contribution in [0.5, 0.6) is 0 Å². The highest BCUT2D eigenvalue weighted by atomic mass is 19.1. The lowest BCUT2D eigenvalue weighted by atomic mass is 9.95. The van der Waals surface area contributed by atoms with Crippen molar-refractivity contribution < 1.29 is 19.1 Å². The number of hydrogen-bond acceptors (Lipinski definition) is 2. The number of aliphatic carboxylic acids is 1. The van der Waals surface area contributed by atoms with E-state index in [1.54, 1.807) is 0 Å². The van der Waals surface area contributed by atoms with Crippen LogP contribution < -0.4 is 5.32 Å². The number of amides is 1. The van der Waals surface area contributed by atoms with Gasteiger partial charge in [0.2, 0.25) is 0 Å². The van der Waals surface area contributed by atoms with Gasteiger partial charge in [-0.2, -0.15) is 0 Å². The van der Waals surface area contributed by atoms with Crippen molar-refractivity contribution in [2.45, 2.75) is 18.5 Å². The Morgan fingerprint density at radius 2 is 2.36 bits per heavy atom. The van der Waals surface area contributed by atoms with Crippen LogP contribution in [0.4, 0.5) is 4.39 Å². The fraction of sp³-hybridized carbons (Fsp3) is 0.667. The molecule has 11 heavy (non-hydrogen) atoms. The summed E-state index contributed by atoms with van der Waals surface area (Å²) in [5, 5.41) is 10.5. The molecule has 0 aromatic carbocycles. The van der Waals surface area contributed by atoms with Crippen LogP contribution in [0, 0.1) is 0 Å². The monoisotopic (exact) mass is 161 g/mol. The summed E-state index contributed by atoms with van der Waals surface area (Å²) in [6, 6.07) is 0. The number of alkyl halides is 1. The number of carbonyl (C=O) groups is 2. The molecule has 1 aliphatic rings. The molecule has 0 aromatic heterocycles. The first-order chi connectivity index (χ1) is 5.07. The summed E-state index contributed by atoms with van der Waals surface area (Å²) < 4.78 is 13.1. The molecule has 1 amide bonds. The molecule has 1 rings (SSSR count). The Hall–Kier alpha value is -1.13. The molecular formula is C6H8FNO3. The molecule has 1 aliphatic heterocycles. The summed E-state index contributed by atoms with van der Waals surface area (Å²) in [6.45, 7) is 0.359. The molecule has 1 atom stereocenters. The van der Waals surface area contributed by atoms with E-state index in [0.29, 0.717) is 13.0 Å². The molecule has 1 saturated heterocycles. The van der Waals surface area contributed by atoms with Gasteiger partial charge in [-0.05, 0) is 6.42 Å². The molecule has 2 N–H and O–H groups in total. The third-order valence-corrected chi connectivity index (χ3v) is 1.68. The van der Waals surface area contributed by atoms with Crippen LogP contribution in [0.2, 0.25) is 0 Å². The molecule has 4 nitrogen and oxygen atoms in total. The van der Waals surface area contributed by atoms with Gasteiger partial charge in [0.1, 0.15) is 0 Å². The van der Waals surface area contributed by atoms with Crippen molar-refractivity contribution in [2.24, 2.45) is 0 Å². The largest absolute Gasteiger partial charge is 0.478 e. The van der Waals surface area contributed by atoms with Crippen LogP contribution in [0.1, 0.15) is 12.8 Å². The highest BCUT2D eigenvalue weighted by Crippen LogP contribution is 2.21. The molecule has 0 aliphatic carbocycles. The molecule has 0 unspecified atom stereocenters. The minimum atomic E-state index is -2.70. The molecule has 0 spiro atoms. The maximum atomic E-state index is 13.1. The van der Waals surface area contributed by atoms with Gasteiger partial charge in [-0.1, -0.05) is 0 Å². The van der Waals surface area contributed by atoms with Gasteiger partial charge in [-0.25, -0.2) is 9.18 Å². The minimum Gasteiger partial charge on any atom is -0.478 e. The van der Waals surface area contributed by atoms with Crippen molar-refractivity contribution in [3.63, 3.8) is 0 Å². The number of carboxylic acid groups (broad SMARTS) is 1. The molecule has 1 fully saturated rings. The summed E-state index contributed by atoms with van der Waals surface area (Å²) >= 11 is 0. The third kappa shape index (κ3) is 1.18. The van der Waals surface area contributed by atoms with Gasteiger partial charge < -0.3 is 10.4 Å². The highest BCUT2D eigenvalue weighted by Gasteiger charge is 2.48. The van der Waals surface area contributed by atoms with Gasteiger partial charge in [-0.15, -0.1) is 0 Å². The Labute approximate surface area is 62.4 Å². The maximum Gasteiger partial charge on any atom is 0.351 e. The van der Waals surface area contributed by atoms with Crippen molar-refractivity contribution in [1.82, 2.24) is 5.32 Å². The van der Waals surface area contributed by atoms with Crippen LogP contribution in [-0.2, 0) is 9.59 Å². The van der Waals surface area contributed by atoms with Crippen molar-refractivity contribution in [2.75, 3.05) is 6.54 Å². The Bertz CT molecular complexity index is 206. The summed E-state index contributed by atoms with van der Waals surface area (Å²) in [7, 11) is 0. The highest BCUT2D eigenvalue weighted by molar-refractivity contribution is 6.05. The lowest BCUT2D eigenvalue weighted by Crippen LogP contribution is -2.53. The number of hydrogen-bond donors (Lipinski definition) is 2. The number of nitrogens with one attached hydrogen (secondary N) is 1. The zero-order valence-electron chi connectivity index (χ0n) is 5.76. The molecule has 5 heteroatoms. The first kappa shape index (κ1) is 7.97. The van der Waals surface area contributed by atoms with E-state index in [4.69, 9.17) is 5.11 Å². The average molecular weight is 161 g/mol. The lowest BCUT2D eigenvalue weighted by molar-refractivity contribution is -0.160. The second-order valence-electron chi connectivity index (χ2n) is 2.47. The van der Waals surface area contributed by atoms with Gasteiger partial charge in [0, 0.05) is 13.0 Å². The first-order valence-electron chi connectivity index (χ1n) is 3.28. The van der Waals surface area contributed by atoms with Crippen LogP contribution >= 0.6 is 0 Å². The predicted molar refractivity (Wildman–Crippen MR) is 33.7 cm³/mol. The normalized spacial score (nSPS) is 31.2. The second-order valence-corrected chi connectivity index (χ2v) is 2.47. The second kappa shape index (κ2) is 2.48. The van der Waals surface area contributed by atoms with Crippen LogP contribution in [0.15, 0.2) is 0 Å². The quantitative estimate of drug-likeness (QED) is 0.518. The summed E-state index contributed by atoms with van der Waals surface area (Å²) in [6.07, 6.45) is 0.142. The molecular weight excluding hydrogens is 153 g/mol. The van der Waals surface area contributed by atoms with Gasteiger partial charge in [0.25, 0.3) is 11.6 Å². The Morgan fingerprint density at radius 3 is 2.73 bits per heavy atom. The van der Waals surface area contributed by atoms with E-state index >= 15 is 0 Å². The van der Waals surface area contributed by atoms with E-state index in [1.165, 1.54) is 0 Å². The van der Waals surface area contributed by atoms with Crippen LogP contribution in [0.25, 0.3) is 0 Å². The van der Waals surface area contributed by atoms with Gasteiger partial charge in [0.15, 0.2) is 0 Å². The van der Waals surface area contributed by atoms with E-state index in [9.17, 15) is 14.0 Å². The van der Waals surface area contributed by atoms with Crippen molar-refractivity contribution in [3.8, 4) is 0 Å². The van der Waals surface area contributed by atoms with E-state index in [2.05, 4.69) is 5.32 Å². The smallest absolute Gasteiger partial charge is 0.351 e. The summed E-state index contributed by atoms with van der Waals surface area (Å²) in [5.74, 6) is -2.73.